The highest BCUT2D eigenvalue weighted by Gasteiger charge is 2.42. The van der Waals surface area contributed by atoms with Crippen LogP contribution in [-0.4, -0.2) is 10.6 Å². The molecular formula is C20H24N2O. The average Bonchev–Trinajstić information content (AvgIpc) is 3.00. The van der Waals surface area contributed by atoms with E-state index in [1.807, 2.05) is 18.5 Å². The van der Waals surface area contributed by atoms with Crippen molar-refractivity contribution < 1.29 is 4.74 Å². The van der Waals surface area contributed by atoms with Crippen LogP contribution in [0.3, 0.4) is 0 Å². The fourth-order valence-corrected chi connectivity index (χ4v) is 4.03. The predicted octanol–water partition coefficient (Wildman–Crippen LogP) is 4.32. The van der Waals surface area contributed by atoms with Gasteiger partial charge in [-0.2, -0.15) is 0 Å². The van der Waals surface area contributed by atoms with Crippen LogP contribution in [0.25, 0.3) is 0 Å². The zero-order valence-corrected chi connectivity index (χ0v) is 13.7. The third kappa shape index (κ3) is 2.98. The van der Waals surface area contributed by atoms with E-state index in [4.69, 9.17) is 4.74 Å². The molecule has 0 amide bonds. The van der Waals surface area contributed by atoms with Gasteiger partial charge in [0.2, 0.25) is 0 Å². The second-order valence-corrected chi connectivity index (χ2v) is 7.03. The standard InChI is InChI=1S/C20H24N2O/c1-15-6-7-17-18(22-14-16-5-4-10-21-13-16)12-20(8-2-3-9-20)23-19(17)11-15/h4-7,10-11,13,18,22H,2-3,8-9,12,14H2,1H3. The minimum Gasteiger partial charge on any atom is -0.487 e. The first kappa shape index (κ1) is 14.7. The number of benzene rings is 1. The highest BCUT2D eigenvalue weighted by Crippen LogP contribution is 2.47. The van der Waals surface area contributed by atoms with Crippen molar-refractivity contribution in [3.8, 4) is 5.75 Å². The SMILES string of the molecule is Cc1ccc2c(c1)OC1(CCCC1)CC2NCc1cccnc1. The molecule has 1 atom stereocenters. The number of pyridine rings is 1. The van der Waals surface area contributed by atoms with Crippen LogP contribution >= 0.6 is 0 Å². The molecule has 1 N–H and O–H groups in total. The van der Waals surface area contributed by atoms with E-state index < -0.39 is 0 Å². The van der Waals surface area contributed by atoms with Gasteiger partial charge in [0.25, 0.3) is 0 Å². The number of hydrogen-bond donors (Lipinski definition) is 1. The number of hydrogen-bond acceptors (Lipinski definition) is 3. The van der Waals surface area contributed by atoms with Gasteiger partial charge < -0.3 is 10.1 Å². The summed E-state index contributed by atoms with van der Waals surface area (Å²) in [5, 5.41) is 3.74. The van der Waals surface area contributed by atoms with Crippen molar-refractivity contribution in [3.63, 3.8) is 0 Å². The summed E-state index contributed by atoms with van der Waals surface area (Å²) in [6.07, 6.45) is 9.78. The van der Waals surface area contributed by atoms with Gasteiger partial charge in [0.1, 0.15) is 11.4 Å². The van der Waals surface area contributed by atoms with E-state index in [-0.39, 0.29) is 5.60 Å². The molecule has 4 rings (SSSR count). The first-order valence-electron chi connectivity index (χ1n) is 8.66. The van der Waals surface area contributed by atoms with E-state index in [1.54, 1.807) is 0 Å². The maximum absolute atomic E-state index is 6.49. The summed E-state index contributed by atoms with van der Waals surface area (Å²) >= 11 is 0. The molecule has 1 saturated carbocycles. The third-order valence-electron chi connectivity index (χ3n) is 5.24. The van der Waals surface area contributed by atoms with Gasteiger partial charge in [-0.3, -0.25) is 4.98 Å². The van der Waals surface area contributed by atoms with Crippen LogP contribution in [0, 0.1) is 6.92 Å². The van der Waals surface area contributed by atoms with E-state index in [2.05, 4.69) is 41.5 Å². The van der Waals surface area contributed by atoms with Gasteiger partial charge in [0.15, 0.2) is 0 Å². The molecule has 1 aliphatic heterocycles. The highest BCUT2D eigenvalue weighted by molar-refractivity contribution is 5.42. The van der Waals surface area contributed by atoms with Crippen LogP contribution in [-0.2, 0) is 6.54 Å². The molecule has 0 radical (unpaired) electrons. The van der Waals surface area contributed by atoms with Crippen molar-refractivity contribution in [3.05, 3.63) is 59.4 Å². The maximum Gasteiger partial charge on any atom is 0.125 e. The molecule has 1 unspecified atom stereocenters. The Bertz CT molecular complexity index is 677. The van der Waals surface area contributed by atoms with E-state index >= 15 is 0 Å². The van der Waals surface area contributed by atoms with Crippen LogP contribution in [0.5, 0.6) is 5.75 Å². The normalized spacial score (nSPS) is 21.9. The number of nitrogens with one attached hydrogen (secondary N) is 1. The second-order valence-electron chi connectivity index (χ2n) is 7.03. The van der Waals surface area contributed by atoms with Crippen molar-refractivity contribution in [2.24, 2.45) is 0 Å². The molecule has 1 fully saturated rings. The van der Waals surface area contributed by atoms with Gasteiger partial charge in [-0.05, 0) is 55.9 Å². The lowest BCUT2D eigenvalue weighted by Gasteiger charge is -2.40. The van der Waals surface area contributed by atoms with Gasteiger partial charge in [-0.15, -0.1) is 0 Å². The molecule has 1 aromatic carbocycles. The lowest BCUT2D eigenvalue weighted by atomic mass is 9.85. The van der Waals surface area contributed by atoms with Crippen LogP contribution < -0.4 is 10.1 Å². The molecule has 1 aliphatic carbocycles. The number of ether oxygens (including phenoxy) is 1. The van der Waals surface area contributed by atoms with E-state index in [0.29, 0.717) is 6.04 Å². The predicted molar refractivity (Wildman–Crippen MR) is 91.4 cm³/mol. The number of aromatic nitrogens is 1. The van der Waals surface area contributed by atoms with Crippen molar-refractivity contribution in [2.45, 2.75) is 57.2 Å². The number of aryl methyl sites for hydroxylation is 1. The first-order valence-corrected chi connectivity index (χ1v) is 8.66. The second kappa shape index (κ2) is 5.97. The summed E-state index contributed by atoms with van der Waals surface area (Å²) in [5.74, 6) is 1.09. The van der Waals surface area contributed by atoms with Crippen LogP contribution in [0.2, 0.25) is 0 Å². The summed E-state index contributed by atoms with van der Waals surface area (Å²) in [4.78, 5) is 4.21. The van der Waals surface area contributed by atoms with Crippen molar-refractivity contribution in [1.29, 1.82) is 0 Å². The number of rotatable bonds is 3. The molecule has 2 aliphatic rings. The zero-order valence-electron chi connectivity index (χ0n) is 13.7. The van der Waals surface area contributed by atoms with Crippen molar-refractivity contribution in [2.75, 3.05) is 0 Å². The molecule has 3 nitrogen and oxygen atoms in total. The smallest absolute Gasteiger partial charge is 0.125 e. The Morgan fingerprint density at radius 2 is 2.13 bits per heavy atom. The Balaban J connectivity index is 1.59. The van der Waals surface area contributed by atoms with Gasteiger partial charge in [0.05, 0.1) is 0 Å². The Labute approximate surface area is 138 Å². The van der Waals surface area contributed by atoms with Gasteiger partial charge in [-0.1, -0.05) is 18.2 Å². The maximum atomic E-state index is 6.49. The van der Waals surface area contributed by atoms with E-state index in [0.717, 1.165) is 18.7 Å². The number of nitrogens with zero attached hydrogens (tertiary/aromatic N) is 1. The molecule has 23 heavy (non-hydrogen) atoms. The summed E-state index contributed by atoms with van der Waals surface area (Å²) in [7, 11) is 0. The quantitative estimate of drug-likeness (QED) is 0.917. The largest absolute Gasteiger partial charge is 0.487 e. The molecule has 3 heteroatoms. The van der Waals surface area contributed by atoms with E-state index in [1.165, 1.54) is 42.4 Å². The molecule has 1 aromatic heterocycles. The first-order chi connectivity index (χ1) is 11.2. The Hall–Kier alpha value is -1.87. The minimum absolute atomic E-state index is 0.0490. The van der Waals surface area contributed by atoms with Crippen molar-refractivity contribution in [1.82, 2.24) is 10.3 Å². The monoisotopic (exact) mass is 308 g/mol. The van der Waals surface area contributed by atoms with Crippen molar-refractivity contribution >= 4 is 0 Å². The number of fused-ring (bicyclic) bond motifs is 1. The Morgan fingerprint density at radius 3 is 2.91 bits per heavy atom. The van der Waals surface area contributed by atoms with Gasteiger partial charge in [0, 0.05) is 37.0 Å². The topological polar surface area (TPSA) is 34.1 Å². The van der Waals surface area contributed by atoms with Gasteiger partial charge in [-0.25, -0.2) is 0 Å². The lowest BCUT2D eigenvalue weighted by molar-refractivity contribution is 0.0364. The third-order valence-corrected chi connectivity index (χ3v) is 5.24. The summed E-state index contributed by atoms with van der Waals surface area (Å²) in [5.41, 5.74) is 3.85. The Kier molecular flexibility index (Phi) is 3.82. The van der Waals surface area contributed by atoms with Crippen LogP contribution in [0.1, 0.15) is 54.8 Å². The zero-order chi connectivity index (χ0) is 15.7. The summed E-state index contributed by atoms with van der Waals surface area (Å²) < 4.78 is 6.49. The molecule has 1 spiro atoms. The molecule has 0 saturated heterocycles. The molecule has 2 heterocycles. The molecule has 2 aromatic rings. The average molecular weight is 308 g/mol. The van der Waals surface area contributed by atoms with E-state index in [9.17, 15) is 0 Å². The summed E-state index contributed by atoms with van der Waals surface area (Å²) in [6.45, 7) is 2.99. The molecule has 120 valence electrons. The Morgan fingerprint density at radius 1 is 1.26 bits per heavy atom. The van der Waals surface area contributed by atoms with Gasteiger partial charge >= 0.3 is 0 Å². The fourth-order valence-electron chi connectivity index (χ4n) is 4.03. The highest BCUT2D eigenvalue weighted by atomic mass is 16.5. The summed E-state index contributed by atoms with van der Waals surface area (Å²) in [6, 6.07) is 11.1. The van der Waals surface area contributed by atoms with Crippen LogP contribution in [0.15, 0.2) is 42.7 Å². The fraction of sp³-hybridized carbons (Fsp3) is 0.450. The minimum atomic E-state index is 0.0490. The lowest BCUT2D eigenvalue weighted by Crippen LogP contribution is -2.42. The molecule has 0 bridgehead atoms. The molecular weight excluding hydrogens is 284 g/mol. The van der Waals surface area contributed by atoms with Crippen LogP contribution in [0.4, 0.5) is 0 Å².